The van der Waals surface area contributed by atoms with E-state index in [2.05, 4.69) is 46.4 Å². The topological polar surface area (TPSA) is 96.5 Å². The number of H-pyrrole nitrogens is 1. The number of benzene rings is 2. The standard InChI is InChI=1S/C21H13BrCl2N6OS2/c22-11-1-4-16-14(7-11)18-19(26-16)28-21(30-29-18)32-9-17(31)27-20-25-8-13(33-20)6-10-5-12(23)2-3-15(10)24/h1-5,7-8H,6,9H2,(H,25,27,31)(H,26,28,30). The summed E-state index contributed by atoms with van der Waals surface area (Å²) >= 11 is 18.3. The lowest BCUT2D eigenvalue weighted by Crippen LogP contribution is -2.14. The van der Waals surface area contributed by atoms with Crippen LogP contribution in [0.4, 0.5) is 5.13 Å². The van der Waals surface area contributed by atoms with E-state index in [1.165, 1.54) is 23.1 Å². The number of thioether (sulfide) groups is 1. The van der Waals surface area contributed by atoms with Gasteiger partial charge in [-0.15, -0.1) is 21.5 Å². The van der Waals surface area contributed by atoms with Crippen molar-refractivity contribution in [2.45, 2.75) is 11.6 Å². The van der Waals surface area contributed by atoms with Gasteiger partial charge in [-0.3, -0.25) is 4.79 Å². The van der Waals surface area contributed by atoms with E-state index >= 15 is 0 Å². The normalized spacial score (nSPS) is 11.4. The van der Waals surface area contributed by atoms with E-state index < -0.39 is 0 Å². The van der Waals surface area contributed by atoms with E-state index in [1.54, 1.807) is 18.3 Å². The number of rotatable bonds is 6. The third-order valence-electron chi connectivity index (χ3n) is 4.66. The van der Waals surface area contributed by atoms with Gasteiger partial charge in [0.15, 0.2) is 10.8 Å². The van der Waals surface area contributed by atoms with Gasteiger partial charge in [0.05, 0.1) is 5.75 Å². The van der Waals surface area contributed by atoms with Crippen LogP contribution in [0.3, 0.4) is 0 Å². The largest absolute Gasteiger partial charge is 0.338 e. The summed E-state index contributed by atoms with van der Waals surface area (Å²) < 4.78 is 0.953. The van der Waals surface area contributed by atoms with Gasteiger partial charge in [-0.2, -0.15) is 0 Å². The molecular formula is C21H13BrCl2N6OS2. The first-order chi connectivity index (χ1) is 15.9. The smallest absolute Gasteiger partial charge is 0.236 e. The summed E-state index contributed by atoms with van der Waals surface area (Å²) in [4.78, 5) is 25.4. The van der Waals surface area contributed by atoms with Crippen LogP contribution in [0.1, 0.15) is 10.4 Å². The maximum absolute atomic E-state index is 12.4. The zero-order valence-electron chi connectivity index (χ0n) is 16.6. The molecule has 166 valence electrons. The van der Waals surface area contributed by atoms with Crippen LogP contribution < -0.4 is 5.32 Å². The molecule has 5 aromatic rings. The van der Waals surface area contributed by atoms with Crippen LogP contribution in [0.25, 0.3) is 22.1 Å². The van der Waals surface area contributed by atoms with Crippen molar-refractivity contribution in [1.29, 1.82) is 0 Å². The number of halogens is 3. The number of amides is 1. The molecule has 12 heteroatoms. The van der Waals surface area contributed by atoms with Gasteiger partial charge in [-0.25, -0.2) is 9.97 Å². The van der Waals surface area contributed by atoms with Crippen molar-refractivity contribution >= 4 is 95.3 Å². The highest BCUT2D eigenvalue weighted by atomic mass is 79.9. The van der Waals surface area contributed by atoms with E-state index in [1.807, 2.05) is 24.3 Å². The van der Waals surface area contributed by atoms with Gasteiger partial charge < -0.3 is 10.3 Å². The Morgan fingerprint density at radius 1 is 1.18 bits per heavy atom. The van der Waals surface area contributed by atoms with Crippen LogP contribution in [0.15, 0.2) is 52.2 Å². The molecule has 2 N–H and O–H groups in total. The molecule has 0 fully saturated rings. The molecule has 3 aromatic heterocycles. The molecule has 0 saturated carbocycles. The summed E-state index contributed by atoms with van der Waals surface area (Å²) in [6.45, 7) is 0. The Hall–Kier alpha value is -2.24. The lowest BCUT2D eigenvalue weighted by Gasteiger charge is -2.03. The lowest BCUT2D eigenvalue weighted by molar-refractivity contribution is -0.113. The number of nitrogens with one attached hydrogen (secondary N) is 2. The van der Waals surface area contributed by atoms with Crippen molar-refractivity contribution < 1.29 is 4.79 Å². The van der Waals surface area contributed by atoms with E-state index in [0.717, 1.165) is 25.8 Å². The Labute approximate surface area is 214 Å². The number of hydrogen-bond acceptors (Lipinski definition) is 7. The number of carbonyl (C=O) groups is 1. The molecule has 5 rings (SSSR count). The highest BCUT2D eigenvalue weighted by Crippen LogP contribution is 2.28. The van der Waals surface area contributed by atoms with Crippen molar-refractivity contribution in [3.05, 3.63) is 67.6 Å². The molecule has 0 unspecified atom stereocenters. The zero-order chi connectivity index (χ0) is 22.9. The number of carbonyl (C=O) groups excluding carboxylic acids is 1. The van der Waals surface area contributed by atoms with Crippen LogP contribution in [-0.4, -0.2) is 36.8 Å². The van der Waals surface area contributed by atoms with Crippen molar-refractivity contribution in [3.8, 4) is 0 Å². The van der Waals surface area contributed by atoms with Crippen LogP contribution in [-0.2, 0) is 11.2 Å². The Balaban J connectivity index is 1.21. The van der Waals surface area contributed by atoms with Crippen molar-refractivity contribution in [3.63, 3.8) is 0 Å². The van der Waals surface area contributed by atoms with E-state index in [4.69, 9.17) is 23.2 Å². The van der Waals surface area contributed by atoms with Gasteiger partial charge in [0.2, 0.25) is 11.1 Å². The lowest BCUT2D eigenvalue weighted by atomic mass is 10.1. The number of aromatic nitrogens is 5. The summed E-state index contributed by atoms with van der Waals surface area (Å²) in [5.74, 6) is -0.0699. The first-order valence-electron chi connectivity index (χ1n) is 9.57. The Morgan fingerprint density at radius 3 is 2.94 bits per heavy atom. The first kappa shape index (κ1) is 22.5. The number of anilines is 1. The number of hydrogen-bond donors (Lipinski definition) is 2. The molecule has 0 aliphatic heterocycles. The second kappa shape index (κ2) is 9.55. The van der Waals surface area contributed by atoms with Crippen LogP contribution in [0.2, 0.25) is 10.0 Å². The highest BCUT2D eigenvalue weighted by molar-refractivity contribution is 9.10. The fourth-order valence-electron chi connectivity index (χ4n) is 3.19. The van der Waals surface area contributed by atoms with Gasteiger partial charge in [0, 0.05) is 42.9 Å². The predicted octanol–water partition coefficient (Wildman–Crippen LogP) is 6.35. The molecule has 1 amide bonds. The average Bonchev–Trinajstić information content (AvgIpc) is 3.38. The average molecular weight is 580 g/mol. The molecule has 0 radical (unpaired) electrons. The maximum atomic E-state index is 12.4. The third-order valence-corrected chi connectivity index (χ3v) is 7.51. The Bertz CT molecular complexity index is 1510. The van der Waals surface area contributed by atoms with Gasteiger partial charge >= 0.3 is 0 Å². The van der Waals surface area contributed by atoms with Crippen LogP contribution in [0, 0.1) is 0 Å². The summed E-state index contributed by atoms with van der Waals surface area (Å²) in [5, 5.41) is 14.4. The quantitative estimate of drug-likeness (QED) is 0.227. The second-order valence-corrected chi connectivity index (χ2v) is 10.8. The minimum absolute atomic E-state index is 0.133. The monoisotopic (exact) mass is 578 g/mol. The van der Waals surface area contributed by atoms with E-state index in [9.17, 15) is 4.79 Å². The molecular weight excluding hydrogens is 567 g/mol. The van der Waals surface area contributed by atoms with E-state index in [-0.39, 0.29) is 11.7 Å². The van der Waals surface area contributed by atoms with Crippen molar-refractivity contribution in [2.75, 3.05) is 11.1 Å². The van der Waals surface area contributed by atoms with Gasteiger partial charge in [-0.1, -0.05) is 50.9 Å². The molecule has 3 heterocycles. The molecule has 7 nitrogen and oxygen atoms in total. The number of aromatic amines is 1. The number of fused-ring (bicyclic) bond motifs is 3. The summed E-state index contributed by atoms with van der Waals surface area (Å²) in [7, 11) is 0. The molecule has 2 aromatic carbocycles. The molecule has 33 heavy (non-hydrogen) atoms. The molecule has 0 aliphatic rings. The Morgan fingerprint density at radius 2 is 2.06 bits per heavy atom. The minimum atomic E-state index is -0.203. The molecule has 0 saturated heterocycles. The minimum Gasteiger partial charge on any atom is -0.338 e. The number of thiazole rings is 1. The predicted molar refractivity (Wildman–Crippen MR) is 138 cm³/mol. The van der Waals surface area contributed by atoms with Crippen LogP contribution >= 0.6 is 62.2 Å². The fraction of sp³-hybridized carbons (Fsp3) is 0.0952. The first-order valence-corrected chi connectivity index (χ1v) is 12.9. The van der Waals surface area contributed by atoms with Crippen LogP contribution in [0.5, 0.6) is 0 Å². The van der Waals surface area contributed by atoms with Crippen molar-refractivity contribution in [1.82, 2.24) is 25.1 Å². The molecule has 0 aliphatic carbocycles. The Kier molecular flexibility index (Phi) is 6.53. The molecule has 0 spiro atoms. The third kappa shape index (κ3) is 5.15. The van der Waals surface area contributed by atoms with Gasteiger partial charge in [0.25, 0.3) is 0 Å². The summed E-state index contributed by atoms with van der Waals surface area (Å²) in [6.07, 6.45) is 2.31. The van der Waals surface area contributed by atoms with Gasteiger partial charge in [0.1, 0.15) is 5.52 Å². The van der Waals surface area contributed by atoms with Crippen molar-refractivity contribution in [2.24, 2.45) is 0 Å². The van der Waals surface area contributed by atoms with E-state index in [0.29, 0.717) is 37.9 Å². The summed E-state index contributed by atoms with van der Waals surface area (Å²) in [6, 6.07) is 11.2. The summed E-state index contributed by atoms with van der Waals surface area (Å²) in [5.41, 5.74) is 3.15. The molecule has 0 atom stereocenters. The highest BCUT2D eigenvalue weighted by Gasteiger charge is 2.13. The SMILES string of the molecule is O=C(CSc1nnc2c(n1)[nH]c1ccc(Br)cc12)Nc1ncc(Cc2cc(Cl)ccc2Cl)s1. The zero-order valence-corrected chi connectivity index (χ0v) is 21.3. The molecule has 0 bridgehead atoms. The number of nitrogens with zero attached hydrogens (tertiary/aromatic N) is 4. The maximum Gasteiger partial charge on any atom is 0.236 e. The van der Waals surface area contributed by atoms with Gasteiger partial charge in [-0.05, 0) is 42.0 Å². The second-order valence-electron chi connectivity index (χ2n) is 6.99. The fourth-order valence-corrected chi connectivity index (χ4v) is 5.37.